The molecule has 0 spiro atoms. The zero-order chi connectivity index (χ0) is 59.2. The molecule has 0 bridgehead atoms. The average molecular weight is 1150 g/mol. The number of ether oxygens (including phenoxy) is 3. The van der Waals surface area contributed by atoms with E-state index in [0.717, 1.165) is 103 Å². The minimum absolute atomic E-state index is 0.0779. The number of unbranched alkanes of at least 4 members (excludes halogenated alkanes) is 43. The standard InChI is InChI=1S/C76H136O6/c1-4-7-10-13-16-19-22-25-28-31-33-35-37-38-40-41-43-45-48-51-54-57-60-63-66-69-75(78)81-72-73(71-80-74(77)68-65-62-59-56-53-50-47-30-27-24-21-18-15-12-9-6-3)82-76(79)70-67-64-61-58-55-52-49-46-44-42-39-36-34-32-29-26-23-20-17-14-11-8-5-2/h8,11,17,20-21,24,26,29-30,34,36,47,73H,4-7,9-10,12-16,18-19,22-23,25,27-28,31-33,35,37-46,48-72H2,1-3H3/b11-8-,20-17-,24-21-,29-26-,36-34-,47-30-. The molecule has 0 aromatic carbocycles. The van der Waals surface area contributed by atoms with Crippen LogP contribution >= 0.6 is 0 Å². The number of hydrogen-bond donors (Lipinski definition) is 0. The summed E-state index contributed by atoms with van der Waals surface area (Å²) < 4.78 is 17.0. The van der Waals surface area contributed by atoms with Crippen LogP contribution in [0.4, 0.5) is 0 Å². The number of hydrogen-bond acceptors (Lipinski definition) is 6. The van der Waals surface area contributed by atoms with Gasteiger partial charge in [-0.05, 0) is 89.9 Å². The van der Waals surface area contributed by atoms with Crippen LogP contribution in [0.25, 0.3) is 0 Å². The van der Waals surface area contributed by atoms with Crippen molar-refractivity contribution in [2.75, 3.05) is 13.2 Å². The van der Waals surface area contributed by atoms with Gasteiger partial charge < -0.3 is 14.2 Å². The lowest BCUT2D eigenvalue weighted by atomic mass is 10.0. The van der Waals surface area contributed by atoms with Gasteiger partial charge in [-0.1, -0.05) is 338 Å². The summed E-state index contributed by atoms with van der Waals surface area (Å²) in [6.07, 6.45) is 92.2. The zero-order valence-electron chi connectivity index (χ0n) is 54.8. The summed E-state index contributed by atoms with van der Waals surface area (Å²) in [6, 6.07) is 0. The minimum atomic E-state index is -0.785. The predicted octanol–water partition coefficient (Wildman–Crippen LogP) is 24.8. The lowest BCUT2D eigenvalue weighted by Crippen LogP contribution is -2.30. The molecule has 0 aromatic heterocycles. The minimum Gasteiger partial charge on any atom is -0.462 e. The van der Waals surface area contributed by atoms with Crippen molar-refractivity contribution in [1.82, 2.24) is 0 Å². The van der Waals surface area contributed by atoms with Gasteiger partial charge in [0, 0.05) is 19.3 Å². The van der Waals surface area contributed by atoms with Crippen LogP contribution in [-0.2, 0) is 28.6 Å². The monoisotopic (exact) mass is 1150 g/mol. The fourth-order valence-corrected chi connectivity index (χ4v) is 10.6. The second-order valence-corrected chi connectivity index (χ2v) is 24.1. The molecule has 0 aliphatic rings. The highest BCUT2D eigenvalue weighted by atomic mass is 16.6. The number of carbonyl (C=O) groups is 3. The molecule has 0 aliphatic heterocycles. The van der Waals surface area contributed by atoms with Crippen LogP contribution in [0.5, 0.6) is 0 Å². The normalized spacial score (nSPS) is 12.5. The van der Waals surface area contributed by atoms with Crippen LogP contribution in [0.1, 0.15) is 374 Å². The summed E-state index contributed by atoms with van der Waals surface area (Å²) in [5.74, 6) is -0.874. The van der Waals surface area contributed by atoms with Crippen molar-refractivity contribution in [3.8, 4) is 0 Å². The predicted molar refractivity (Wildman–Crippen MR) is 358 cm³/mol. The molecule has 82 heavy (non-hydrogen) atoms. The van der Waals surface area contributed by atoms with E-state index in [1.54, 1.807) is 0 Å². The van der Waals surface area contributed by atoms with E-state index in [2.05, 4.69) is 93.7 Å². The van der Waals surface area contributed by atoms with Crippen molar-refractivity contribution in [3.63, 3.8) is 0 Å². The van der Waals surface area contributed by atoms with Gasteiger partial charge in [-0.25, -0.2) is 0 Å². The Morgan fingerprint density at radius 1 is 0.256 bits per heavy atom. The van der Waals surface area contributed by atoms with E-state index >= 15 is 0 Å². The van der Waals surface area contributed by atoms with Crippen LogP contribution in [0.3, 0.4) is 0 Å². The average Bonchev–Trinajstić information content (AvgIpc) is 3.47. The number of allylic oxidation sites excluding steroid dienone is 12. The van der Waals surface area contributed by atoms with E-state index in [4.69, 9.17) is 14.2 Å². The fraction of sp³-hybridized carbons (Fsp3) is 0.803. The first-order valence-electron chi connectivity index (χ1n) is 35.9. The quantitative estimate of drug-likeness (QED) is 0.0261. The van der Waals surface area contributed by atoms with Crippen molar-refractivity contribution in [1.29, 1.82) is 0 Å². The van der Waals surface area contributed by atoms with E-state index < -0.39 is 6.10 Å². The molecule has 0 rings (SSSR count). The van der Waals surface area contributed by atoms with Gasteiger partial charge in [0.2, 0.25) is 0 Å². The summed E-state index contributed by atoms with van der Waals surface area (Å²) in [5.41, 5.74) is 0. The van der Waals surface area contributed by atoms with Gasteiger partial charge >= 0.3 is 17.9 Å². The lowest BCUT2D eigenvalue weighted by Gasteiger charge is -2.18. The Bertz CT molecular complexity index is 1500. The van der Waals surface area contributed by atoms with Gasteiger partial charge in [-0.15, -0.1) is 0 Å². The molecule has 0 saturated carbocycles. The maximum Gasteiger partial charge on any atom is 0.306 e. The molecule has 0 aromatic rings. The number of carbonyl (C=O) groups excluding carboxylic acids is 3. The molecular weight excluding hydrogens is 1010 g/mol. The third-order valence-electron chi connectivity index (χ3n) is 15.9. The smallest absolute Gasteiger partial charge is 0.306 e. The molecule has 6 heteroatoms. The Morgan fingerprint density at radius 3 is 0.756 bits per heavy atom. The van der Waals surface area contributed by atoms with Gasteiger partial charge in [-0.2, -0.15) is 0 Å². The molecule has 0 amide bonds. The Morgan fingerprint density at radius 2 is 0.476 bits per heavy atom. The highest BCUT2D eigenvalue weighted by Crippen LogP contribution is 2.18. The molecule has 0 heterocycles. The topological polar surface area (TPSA) is 78.9 Å². The van der Waals surface area contributed by atoms with Gasteiger partial charge in [0.05, 0.1) is 0 Å². The molecule has 1 unspecified atom stereocenters. The largest absolute Gasteiger partial charge is 0.462 e. The fourth-order valence-electron chi connectivity index (χ4n) is 10.6. The molecule has 0 N–H and O–H groups in total. The van der Waals surface area contributed by atoms with Crippen LogP contribution in [0, 0.1) is 0 Å². The van der Waals surface area contributed by atoms with Crippen molar-refractivity contribution in [2.24, 2.45) is 0 Å². The number of rotatable bonds is 66. The maximum atomic E-state index is 13.0. The van der Waals surface area contributed by atoms with E-state index in [-0.39, 0.29) is 31.1 Å². The summed E-state index contributed by atoms with van der Waals surface area (Å²) in [6.45, 7) is 6.56. The maximum absolute atomic E-state index is 13.0. The zero-order valence-corrected chi connectivity index (χ0v) is 54.8. The first-order chi connectivity index (χ1) is 40.5. The SMILES string of the molecule is CC/C=C\C/C=C\C/C=C\C/C=C\CCCCCCCCCCCCC(=O)OC(COC(=O)CCCCCCC/C=C\C/C=C\CCCCCC)COC(=O)CCCCCCCCCCCCCCCCCCCCCCCCCCC. The summed E-state index contributed by atoms with van der Waals surface area (Å²) in [5, 5.41) is 0. The van der Waals surface area contributed by atoms with Gasteiger partial charge in [-0.3, -0.25) is 14.4 Å². The molecular formula is C76H136O6. The Labute approximate surface area is 510 Å². The van der Waals surface area contributed by atoms with E-state index in [1.807, 2.05) is 0 Å². The van der Waals surface area contributed by atoms with E-state index in [1.165, 1.54) is 231 Å². The highest BCUT2D eigenvalue weighted by molar-refractivity contribution is 5.71. The highest BCUT2D eigenvalue weighted by Gasteiger charge is 2.19. The summed E-state index contributed by atoms with van der Waals surface area (Å²) >= 11 is 0. The third kappa shape index (κ3) is 67.6. The van der Waals surface area contributed by atoms with Crippen LogP contribution in [0.2, 0.25) is 0 Å². The summed E-state index contributed by atoms with van der Waals surface area (Å²) in [4.78, 5) is 38.5. The second-order valence-electron chi connectivity index (χ2n) is 24.1. The molecule has 6 nitrogen and oxygen atoms in total. The molecule has 0 radical (unpaired) electrons. The molecule has 476 valence electrons. The molecule has 0 aliphatic carbocycles. The first kappa shape index (κ1) is 78.8. The van der Waals surface area contributed by atoms with Crippen LogP contribution in [0.15, 0.2) is 72.9 Å². The van der Waals surface area contributed by atoms with Gasteiger partial charge in [0.1, 0.15) is 13.2 Å². The number of esters is 3. The van der Waals surface area contributed by atoms with Gasteiger partial charge in [0.25, 0.3) is 0 Å². The Hall–Kier alpha value is -3.15. The molecule has 1 atom stereocenters. The Balaban J connectivity index is 4.31. The lowest BCUT2D eigenvalue weighted by molar-refractivity contribution is -0.167. The first-order valence-corrected chi connectivity index (χ1v) is 35.9. The van der Waals surface area contributed by atoms with E-state index in [9.17, 15) is 14.4 Å². The van der Waals surface area contributed by atoms with E-state index in [0.29, 0.717) is 19.3 Å². The van der Waals surface area contributed by atoms with Gasteiger partial charge in [0.15, 0.2) is 6.10 Å². The summed E-state index contributed by atoms with van der Waals surface area (Å²) in [7, 11) is 0. The second kappa shape index (κ2) is 70.3. The molecule has 0 fully saturated rings. The van der Waals surface area contributed by atoms with Crippen molar-refractivity contribution < 1.29 is 28.6 Å². The third-order valence-corrected chi connectivity index (χ3v) is 15.9. The van der Waals surface area contributed by atoms with Crippen molar-refractivity contribution in [3.05, 3.63) is 72.9 Å². The van der Waals surface area contributed by atoms with Crippen molar-refractivity contribution >= 4 is 17.9 Å². The van der Waals surface area contributed by atoms with Crippen LogP contribution < -0.4 is 0 Å². The molecule has 0 saturated heterocycles. The Kier molecular flexibility index (Phi) is 67.6. The van der Waals surface area contributed by atoms with Crippen LogP contribution in [-0.4, -0.2) is 37.2 Å². The van der Waals surface area contributed by atoms with Crippen molar-refractivity contribution in [2.45, 2.75) is 380 Å².